The Morgan fingerprint density at radius 1 is 1.32 bits per heavy atom. The Morgan fingerprint density at radius 2 is 2.05 bits per heavy atom. The van der Waals surface area contributed by atoms with Crippen LogP contribution in [0.3, 0.4) is 0 Å². The van der Waals surface area contributed by atoms with Crippen molar-refractivity contribution in [3.05, 3.63) is 17.6 Å². The molecule has 2 aromatic rings. The molecule has 0 amide bonds. The number of imidazole rings is 1. The number of nitrogens with zero attached hydrogens (tertiary/aromatic N) is 3. The minimum absolute atomic E-state index is 0.342. The second-order valence-corrected chi connectivity index (χ2v) is 7.69. The zero-order valence-corrected chi connectivity index (χ0v) is 14.7. The number of nitrogen functional groups attached to an aromatic ring is 1. The Balaban J connectivity index is 2.19. The number of pyridine rings is 1. The van der Waals surface area contributed by atoms with Crippen LogP contribution in [0.1, 0.15) is 50.3 Å². The summed E-state index contributed by atoms with van der Waals surface area (Å²) in [6.07, 6.45) is 6.76. The number of rotatable bonds is 7. The van der Waals surface area contributed by atoms with E-state index in [-0.39, 0.29) is 0 Å². The summed E-state index contributed by atoms with van der Waals surface area (Å²) in [6.45, 7) is 7.27. The van der Waals surface area contributed by atoms with Crippen molar-refractivity contribution in [3.8, 4) is 0 Å². The molecule has 1 atom stereocenters. The van der Waals surface area contributed by atoms with Crippen LogP contribution in [0.25, 0.3) is 11.0 Å². The largest absolute Gasteiger partial charge is 0.382 e. The standard InChI is InChI=1S/C16H26N4OS/c1-11(2)13-12(3)15-14(16(17)19-13)18-10-20(15)8-6-5-7-9-22(4)21/h10-11H,5-9H2,1-4H3,(H2,17,19). The lowest BCUT2D eigenvalue weighted by molar-refractivity contribution is 0.611. The molecule has 1 unspecified atom stereocenters. The zero-order chi connectivity index (χ0) is 16.3. The molecule has 2 aromatic heterocycles. The van der Waals surface area contributed by atoms with Crippen molar-refractivity contribution in [1.29, 1.82) is 0 Å². The van der Waals surface area contributed by atoms with Crippen LogP contribution < -0.4 is 5.73 Å². The minimum Gasteiger partial charge on any atom is -0.382 e. The van der Waals surface area contributed by atoms with E-state index in [1.165, 1.54) is 5.56 Å². The molecule has 2 rings (SSSR count). The van der Waals surface area contributed by atoms with Crippen molar-refractivity contribution in [1.82, 2.24) is 14.5 Å². The first-order valence-corrected chi connectivity index (χ1v) is 9.55. The fourth-order valence-electron chi connectivity index (χ4n) is 2.85. The third-order valence-electron chi connectivity index (χ3n) is 3.94. The zero-order valence-electron chi connectivity index (χ0n) is 13.9. The van der Waals surface area contributed by atoms with Crippen LogP contribution in [-0.4, -0.2) is 30.8 Å². The normalized spacial score (nSPS) is 13.1. The smallest absolute Gasteiger partial charge is 0.151 e. The highest BCUT2D eigenvalue weighted by molar-refractivity contribution is 7.84. The van der Waals surface area contributed by atoms with Gasteiger partial charge in [-0.3, -0.25) is 4.21 Å². The van der Waals surface area contributed by atoms with Crippen LogP contribution in [-0.2, 0) is 17.3 Å². The summed E-state index contributed by atoms with van der Waals surface area (Å²) in [5.74, 6) is 1.65. The number of nitrogens with two attached hydrogens (primary N) is 1. The van der Waals surface area contributed by atoms with E-state index >= 15 is 0 Å². The van der Waals surface area contributed by atoms with Gasteiger partial charge in [-0.05, 0) is 31.2 Å². The molecule has 6 heteroatoms. The van der Waals surface area contributed by atoms with E-state index in [1.54, 1.807) is 6.26 Å². The molecule has 0 radical (unpaired) electrons. The van der Waals surface area contributed by atoms with E-state index in [9.17, 15) is 4.21 Å². The van der Waals surface area contributed by atoms with Gasteiger partial charge in [0.25, 0.3) is 0 Å². The Hall–Kier alpha value is -1.43. The molecule has 22 heavy (non-hydrogen) atoms. The van der Waals surface area contributed by atoms with E-state index in [4.69, 9.17) is 5.73 Å². The van der Waals surface area contributed by atoms with Crippen molar-refractivity contribution in [2.45, 2.75) is 52.5 Å². The van der Waals surface area contributed by atoms with E-state index in [0.717, 1.165) is 48.3 Å². The van der Waals surface area contributed by atoms with Gasteiger partial charge in [0.1, 0.15) is 5.52 Å². The summed E-state index contributed by atoms with van der Waals surface area (Å²) < 4.78 is 13.2. The maximum absolute atomic E-state index is 11.1. The lowest BCUT2D eigenvalue weighted by atomic mass is 10.0. The van der Waals surface area contributed by atoms with Crippen molar-refractivity contribution >= 4 is 27.7 Å². The van der Waals surface area contributed by atoms with Gasteiger partial charge in [-0.25, -0.2) is 9.97 Å². The quantitative estimate of drug-likeness (QED) is 0.795. The van der Waals surface area contributed by atoms with Crippen LogP contribution >= 0.6 is 0 Å². The lowest BCUT2D eigenvalue weighted by Crippen LogP contribution is -2.05. The third kappa shape index (κ3) is 3.66. The number of aromatic nitrogens is 3. The molecule has 0 fully saturated rings. The molecule has 0 aliphatic carbocycles. The van der Waals surface area contributed by atoms with Crippen LogP contribution in [0.4, 0.5) is 5.82 Å². The van der Waals surface area contributed by atoms with E-state index in [0.29, 0.717) is 11.7 Å². The monoisotopic (exact) mass is 322 g/mol. The number of unbranched alkanes of at least 4 members (excludes halogenated alkanes) is 2. The van der Waals surface area contributed by atoms with Gasteiger partial charge >= 0.3 is 0 Å². The van der Waals surface area contributed by atoms with Crippen LogP contribution in [0.15, 0.2) is 6.33 Å². The Bertz CT molecular complexity index is 678. The van der Waals surface area contributed by atoms with Crippen molar-refractivity contribution in [2.24, 2.45) is 0 Å². The first-order chi connectivity index (χ1) is 10.4. The average molecular weight is 322 g/mol. The summed E-state index contributed by atoms with van der Waals surface area (Å²) in [7, 11) is -0.687. The molecule has 5 nitrogen and oxygen atoms in total. The van der Waals surface area contributed by atoms with Gasteiger partial charge in [-0.15, -0.1) is 0 Å². The molecular weight excluding hydrogens is 296 g/mol. The molecule has 0 saturated carbocycles. The van der Waals surface area contributed by atoms with Gasteiger partial charge in [0.2, 0.25) is 0 Å². The second-order valence-electron chi connectivity index (χ2n) is 6.14. The first-order valence-electron chi connectivity index (χ1n) is 7.82. The predicted molar refractivity (Wildman–Crippen MR) is 93.6 cm³/mol. The first kappa shape index (κ1) is 16.9. The van der Waals surface area contributed by atoms with E-state index < -0.39 is 10.8 Å². The van der Waals surface area contributed by atoms with Crippen LogP contribution in [0, 0.1) is 6.92 Å². The molecule has 2 heterocycles. The third-order valence-corrected chi connectivity index (χ3v) is 4.80. The lowest BCUT2D eigenvalue weighted by Gasteiger charge is -2.13. The summed E-state index contributed by atoms with van der Waals surface area (Å²) >= 11 is 0. The topological polar surface area (TPSA) is 73.8 Å². The Labute approximate surface area is 134 Å². The Morgan fingerprint density at radius 3 is 2.68 bits per heavy atom. The number of aryl methyl sites for hydroxylation is 2. The van der Waals surface area contributed by atoms with Crippen molar-refractivity contribution < 1.29 is 4.21 Å². The number of hydrogen-bond acceptors (Lipinski definition) is 4. The fraction of sp³-hybridized carbons (Fsp3) is 0.625. The maximum atomic E-state index is 11.1. The summed E-state index contributed by atoms with van der Waals surface area (Å²) in [5.41, 5.74) is 10.2. The van der Waals surface area contributed by atoms with Gasteiger partial charge < -0.3 is 10.3 Å². The van der Waals surface area contributed by atoms with Crippen LogP contribution in [0.2, 0.25) is 0 Å². The molecule has 2 N–H and O–H groups in total. The van der Waals surface area contributed by atoms with Crippen molar-refractivity contribution in [3.63, 3.8) is 0 Å². The summed E-state index contributed by atoms with van der Waals surface area (Å²) in [5, 5.41) is 0. The minimum atomic E-state index is -0.687. The van der Waals surface area contributed by atoms with Crippen molar-refractivity contribution in [2.75, 3.05) is 17.7 Å². The predicted octanol–water partition coefficient (Wildman–Crippen LogP) is 2.99. The summed E-state index contributed by atoms with van der Waals surface area (Å²) in [4.78, 5) is 8.94. The van der Waals surface area contributed by atoms with Gasteiger partial charge in [-0.2, -0.15) is 0 Å². The van der Waals surface area contributed by atoms with Crippen LogP contribution in [0.5, 0.6) is 0 Å². The number of anilines is 1. The SMILES string of the molecule is Cc1c(C(C)C)nc(N)c2ncn(CCCCCS(C)=O)c12. The molecule has 0 spiro atoms. The van der Waals surface area contributed by atoms with E-state index in [1.807, 2.05) is 6.33 Å². The van der Waals surface area contributed by atoms with Gasteiger partial charge in [0, 0.05) is 29.4 Å². The maximum Gasteiger partial charge on any atom is 0.151 e. The highest BCUT2D eigenvalue weighted by Crippen LogP contribution is 2.28. The highest BCUT2D eigenvalue weighted by atomic mass is 32.2. The highest BCUT2D eigenvalue weighted by Gasteiger charge is 2.16. The van der Waals surface area contributed by atoms with Gasteiger partial charge in [0.05, 0.1) is 17.5 Å². The molecule has 0 bridgehead atoms. The Kier molecular flexibility index (Phi) is 5.56. The second kappa shape index (κ2) is 7.22. The average Bonchev–Trinajstić information content (AvgIpc) is 2.86. The summed E-state index contributed by atoms with van der Waals surface area (Å²) in [6, 6.07) is 0. The molecule has 0 aromatic carbocycles. The van der Waals surface area contributed by atoms with Gasteiger partial charge in [-0.1, -0.05) is 20.3 Å². The molecule has 122 valence electrons. The number of hydrogen-bond donors (Lipinski definition) is 1. The molecule has 0 aliphatic heterocycles. The van der Waals surface area contributed by atoms with Gasteiger partial charge in [0.15, 0.2) is 5.82 Å². The molecule has 0 saturated heterocycles. The van der Waals surface area contributed by atoms with E-state index in [2.05, 4.69) is 35.3 Å². The molecule has 0 aliphatic rings. The number of fused-ring (bicyclic) bond motifs is 1. The fourth-order valence-corrected chi connectivity index (χ4v) is 3.46. The molecular formula is C16H26N4OS.